The lowest BCUT2D eigenvalue weighted by molar-refractivity contribution is 0.670. The fourth-order valence-electron chi connectivity index (χ4n) is 6.51. The van der Waals surface area contributed by atoms with Crippen molar-refractivity contribution in [1.82, 2.24) is 0 Å². The van der Waals surface area contributed by atoms with Crippen molar-refractivity contribution in [3.63, 3.8) is 0 Å². The first-order chi connectivity index (χ1) is 24.3. The van der Waals surface area contributed by atoms with Crippen LogP contribution in [0.2, 0.25) is 0 Å². The molecule has 200 valence electrons. The molecule has 0 radical (unpaired) electrons. The zero-order chi connectivity index (χ0) is 34.4. The average molecular weight is 554 g/mol. The Kier molecular flexibility index (Phi) is 3.95. The van der Waals surface area contributed by atoms with Gasteiger partial charge in [0, 0.05) is 21.9 Å². The Morgan fingerprint density at radius 3 is 1.72 bits per heavy atom. The Balaban J connectivity index is 1.30. The Morgan fingerprint density at radius 2 is 0.977 bits per heavy atom. The van der Waals surface area contributed by atoms with E-state index in [4.69, 9.17) is 14.0 Å². The highest BCUT2D eigenvalue weighted by atomic mass is 16.3. The van der Waals surface area contributed by atoms with E-state index in [9.17, 15) is 0 Å². The highest BCUT2D eigenvalue weighted by Crippen LogP contribution is 2.46. The number of benzene rings is 8. The zero-order valence-corrected chi connectivity index (χ0v) is 22.9. The number of hydrogen-bond acceptors (Lipinski definition) is 1. The SMILES string of the molecule is [2H]c1c([2H])c([2H])c2c(-c3ccc(-c4c5ccccc5c(-c5cccc6c5oc5ccccc56)c5ccccc45)cc3)c([2H])c([2H])c([2H])c2c1[2H]. The van der Waals surface area contributed by atoms with Gasteiger partial charge in [0.15, 0.2) is 0 Å². The summed E-state index contributed by atoms with van der Waals surface area (Å²) in [6, 6.07) is 36.0. The van der Waals surface area contributed by atoms with Crippen LogP contribution >= 0.6 is 0 Å². The standard InChI is InChI=1S/C42H26O/c1-2-13-30-27(11-1)12-9-19-31(30)28-23-25-29(26-24-28)40-33-15-3-5-17-35(33)41(36-18-6-4-16-34(36)40)38-21-10-20-37-32-14-7-8-22-39(32)43-42(37)38/h1-26H/i1D,2D,9D,11D,12D,13D,19D. The van der Waals surface area contributed by atoms with E-state index in [1.54, 1.807) is 0 Å². The molecule has 0 aliphatic carbocycles. The summed E-state index contributed by atoms with van der Waals surface area (Å²) in [4.78, 5) is 0. The maximum Gasteiger partial charge on any atom is 0.143 e. The lowest BCUT2D eigenvalue weighted by Crippen LogP contribution is -1.91. The predicted octanol–water partition coefficient (Wildman–Crippen LogP) is 12.0. The van der Waals surface area contributed by atoms with Gasteiger partial charge in [0.05, 0.1) is 9.60 Å². The third kappa shape index (κ3) is 3.65. The van der Waals surface area contributed by atoms with Crippen molar-refractivity contribution in [2.75, 3.05) is 0 Å². The van der Waals surface area contributed by atoms with Crippen LogP contribution in [0.5, 0.6) is 0 Å². The second-order valence-electron chi connectivity index (χ2n) is 10.7. The molecule has 0 aliphatic heterocycles. The molecule has 1 heterocycles. The topological polar surface area (TPSA) is 13.1 Å². The molecule has 1 aromatic heterocycles. The van der Waals surface area contributed by atoms with Crippen LogP contribution in [-0.2, 0) is 0 Å². The molecule has 1 heteroatoms. The molecule has 9 aromatic rings. The maximum atomic E-state index is 8.81. The van der Waals surface area contributed by atoms with Crippen molar-refractivity contribution >= 4 is 54.3 Å². The largest absolute Gasteiger partial charge is 0.455 e. The molecule has 1 nitrogen and oxygen atoms in total. The summed E-state index contributed by atoms with van der Waals surface area (Å²) in [5.41, 5.74) is 6.47. The van der Waals surface area contributed by atoms with E-state index >= 15 is 0 Å². The van der Waals surface area contributed by atoms with Crippen LogP contribution in [0.25, 0.3) is 87.6 Å². The summed E-state index contributed by atoms with van der Waals surface area (Å²) < 4.78 is 65.9. The van der Waals surface area contributed by atoms with E-state index in [2.05, 4.69) is 48.5 Å². The minimum atomic E-state index is -0.465. The molecule has 0 spiro atoms. The number of hydrogen-bond donors (Lipinski definition) is 0. The van der Waals surface area contributed by atoms with Crippen molar-refractivity contribution < 1.29 is 14.0 Å². The van der Waals surface area contributed by atoms with Gasteiger partial charge in [0.1, 0.15) is 11.2 Å². The van der Waals surface area contributed by atoms with Gasteiger partial charge < -0.3 is 4.42 Å². The highest BCUT2D eigenvalue weighted by molar-refractivity contribution is 6.24. The molecule has 0 saturated carbocycles. The van der Waals surface area contributed by atoms with Crippen LogP contribution in [0, 0.1) is 0 Å². The van der Waals surface area contributed by atoms with Gasteiger partial charge in [0.25, 0.3) is 0 Å². The summed E-state index contributed by atoms with van der Waals surface area (Å²) in [5.74, 6) is 0. The van der Waals surface area contributed by atoms with Crippen LogP contribution in [-0.4, -0.2) is 0 Å². The molecule has 0 unspecified atom stereocenters. The monoisotopic (exact) mass is 553 g/mol. The van der Waals surface area contributed by atoms with Crippen LogP contribution in [0.4, 0.5) is 0 Å². The fourth-order valence-corrected chi connectivity index (χ4v) is 6.51. The van der Waals surface area contributed by atoms with Crippen molar-refractivity contribution in [1.29, 1.82) is 0 Å². The van der Waals surface area contributed by atoms with Gasteiger partial charge >= 0.3 is 0 Å². The number of furan rings is 1. The molecule has 0 bridgehead atoms. The predicted molar refractivity (Wildman–Crippen MR) is 183 cm³/mol. The lowest BCUT2D eigenvalue weighted by Gasteiger charge is -2.18. The second-order valence-corrected chi connectivity index (χ2v) is 10.7. The Hall–Kier alpha value is -5.66. The maximum absolute atomic E-state index is 8.81. The second kappa shape index (κ2) is 9.44. The summed E-state index contributed by atoms with van der Waals surface area (Å²) in [5, 5.41) is 6.40. The van der Waals surface area contributed by atoms with E-state index in [0.29, 0.717) is 5.56 Å². The van der Waals surface area contributed by atoms with Crippen LogP contribution in [0.15, 0.2) is 162 Å². The third-order valence-electron chi connectivity index (χ3n) is 8.38. The van der Waals surface area contributed by atoms with E-state index in [1.807, 2.05) is 66.7 Å². The van der Waals surface area contributed by atoms with Crippen molar-refractivity contribution in [2.45, 2.75) is 0 Å². The molecule has 0 aliphatic rings. The number of rotatable bonds is 3. The van der Waals surface area contributed by atoms with Crippen molar-refractivity contribution in [3.05, 3.63) is 158 Å². The smallest absolute Gasteiger partial charge is 0.143 e. The molecule has 0 N–H and O–H groups in total. The molecule has 43 heavy (non-hydrogen) atoms. The molecule has 0 atom stereocenters. The Morgan fingerprint density at radius 1 is 0.395 bits per heavy atom. The Bertz CT molecular complexity index is 2830. The zero-order valence-electron chi connectivity index (χ0n) is 29.9. The first-order valence-electron chi connectivity index (χ1n) is 17.7. The fraction of sp³-hybridized carbons (Fsp3) is 0. The van der Waals surface area contributed by atoms with Gasteiger partial charge in [-0.05, 0) is 60.6 Å². The van der Waals surface area contributed by atoms with Gasteiger partial charge in [-0.1, -0.05) is 151 Å². The van der Waals surface area contributed by atoms with Gasteiger partial charge in [0.2, 0.25) is 0 Å². The minimum Gasteiger partial charge on any atom is -0.455 e. The van der Waals surface area contributed by atoms with Crippen molar-refractivity contribution in [3.8, 4) is 33.4 Å². The molecule has 0 amide bonds. The molecule has 9 rings (SSSR count). The quantitative estimate of drug-likeness (QED) is 0.198. The van der Waals surface area contributed by atoms with Crippen LogP contribution in [0.1, 0.15) is 9.60 Å². The molecule has 0 saturated heterocycles. The molecular weight excluding hydrogens is 520 g/mol. The van der Waals surface area contributed by atoms with E-state index < -0.39 is 12.1 Å². The molecule has 8 aromatic carbocycles. The minimum absolute atomic E-state index is 0.0527. The Labute approximate surface area is 259 Å². The summed E-state index contributed by atoms with van der Waals surface area (Å²) in [6.45, 7) is 0. The van der Waals surface area contributed by atoms with Gasteiger partial charge in [-0.25, -0.2) is 0 Å². The van der Waals surface area contributed by atoms with Gasteiger partial charge in [-0.3, -0.25) is 0 Å². The normalized spacial score (nSPS) is 14.0. The van der Waals surface area contributed by atoms with Gasteiger partial charge in [-0.15, -0.1) is 0 Å². The summed E-state index contributed by atoms with van der Waals surface area (Å²) in [6.07, 6.45) is 0. The summed E-state index contributed by atoms with van der Waals surface area (Å²) in [7, 11) is 0. The average Bonchev–Trinajstić information content (AvgIpc) is 3.53. The van der Waals surface area contributed by atoms with Gasteiger partial charge in [-0.2, -0.15) is 0 Å². The lowest BCUT2D eigenvalue weighted by atomic mass is 9.85. The van der Waals surface area contributed by atoms with Crippen LogP contribution in [0.3, 0.4) is 0 Å². The van der Waals surface area contributed by atoms with Crippen LogP contribution < -0.4 is 0 Å². The molecular formula is C42H26O. The molecule has 0 fully saturated rings. The number of fused-ring (bicyclic) bond motifs is 6. The first-order valence-corrected chi connectivity index (χ1v) is 14.2. The summed E-state index contributed by atoms with van der Waals surface area (Å²) >= 11 is 0. The number of para-hydroxylation sites is 2. The highest BCUT2D eigenvalue weighted by Gasteiger charge is 2.20. The van der Waals surface area contributed by atoms with E-state index in [1.165, 1.54) is 0 Å². The first kappa shape index (κ1) is 18.0. The van der Waals surface area contributed by atoms with Crippen molar-refractivity contribution in [2.24, 2.45) is 0 Å². The third-order valence-corrected chi connectivity index (χ3v) is 8.38. The van der Waals surface area contributed by atoms with E-state index in [0.717, 1.165) is 65.7 Å². The van der Waals surface area contributed by atoms with E-state index in [-0.39, 0.29) is 46.5 Å².